The first kappa shape index (κ1) is 18.1. The number of halogens is 1. The van der Waals surface area contributed by atoms with Gasteiger partial charge in [0.25, 0.3) is 15.9 Å². The van der Waals surface area contributed by atoms with Crippen LogP contribution in [0.5, 0.6) is 0 Å². The number of nitrogens with zero attached hydrogens (tertiary/aromatic N) is 1. The second kappa shape index (κ2) is 7.67. The molecule has 0 spiro atoms. The zero-order chi connectivity index (χ0) is 18.6. The Morgan fingerprint density at radius 2 is 1.69 bits per heavy atom. The summed E-state index contributed by atoms with van der Waals surface area (Å²) in [6.45, 7) is 0. The monoisotopic (exact) mass is 431 g/mol. The van der Waals surface area contributed by atoms with Crippen LogP contribution in [0.1, 0.15) is 10.4 Å². The lowest BCUT2D eigenvalue weighted by Gasteiger charge is -2.10. The second-order valence-electron chi connectivity index (χ2n) is 5.34. The summed E-state index contributed by atoms with van der Waals surface area (Å²) < 4.78 is 28.2. The van der Waals surface area contributed by atoms with Crippen molar-refractivity contribution in [3.63, 3.8) is 0 Å². The van der Waals surface area contributed by atoms with Crippen molar-refractivity contribution in [3.8, 4) is 0 Å². The van der Waals surface area contributed by atoms with Gasteiger partial charge in [0.2, 0.25) is 0 Å². The fraction of sp³-hybridized carbons (Fsp3) is 0. The maximum atomic E-state index is 12.4. The molecule has 0 aliphatic heterocycles. The molecule has 0 bridgehead atoms. The van der Waals surface area contributed by atoms with E-state index in [0.29, 0.717) is 16.9 Å². The smallest absolute Gasteiger partial charge is 0.261 e. The van der Waals surface area contributed by atoms with Crippen LogP contribution in [0.25, 0.3) is 0 Å². The highest BCUT2D eigenvalue weighted by atomic mass is 79.9. The third-order valence-corrected chi connectivity index (χ3v) is 5.35. The number of sulfonamides is 1. The van der Waals surface area contributed by atoms with Crippen LogP contribution in [-0.4, -0.2) is 19.3 Å². The van der Waals surface area contributed by atoms with E-state index in [4.69, 9.17) is 0 Å². The highest BCUT2D eigenvalue weighted by Gasteiger charge is 2.15. The molecule has 6 nitrogen and oxygen atoms in total. The molecule has 26 heavy (non-hydrogen) atoms. The van der Waals surface area contributed by atoms with Crippen molar-refractivity contribution in [2.45, 2.75) is 4.90 Å². The Labute approximate surface area is 159 Å². The first-order valence-corrected chi connectivity index (χ1v) is 9.81. The summed E-state index contributed by atoms with van der Waals surface area (Å²) in [5.74, 6) is -0.359. The third-order valence-electron chi connectivity index (χ3n) is 3.42. The predicted octanol–water partition coefficient (Wildman–Crippen LogP) is 3.90. The SMILES string of the molecule is O=C(Nc1cccnc1)c1cccc(NS(=O)(=O)c2ccc(Br)cc2)c1. The van der Waals surface area contributed by atoms with E-state index in [1.807, 2.05) is 0 Å². The Morgan fingerprint density at radius 3 is 2.38 bits per heavy atom. The number of carbonyl (C=O) groups is 1. The van der Waals surface area contributed by atoms with Crippen molar-refractivity contribution in [3.05, 3.63) is 83.1 Å². The molecule has 1 aromatic heterocycles. The van der Waals surface area contributed by atoms with Crippen LogP contribution in [0.2, 0.25) is 0 Å². The van der Waals surface area contributed by atoms with Crippen LogP contribution in [-0.2, 0) is 10.0 Å². The number of pyridine rings is 1. The average Bonchev–Trinajstić information content (AvgIpc) is 2.63. The Kier molecular flexibility index (Phi) is 5.34. The number of rotatable bonds is 5. The highest BCUT2D eigenvalue weighted by molar-refractivity contribution is 9.10. The molecule has 132 valence electrons. The van der Waals surface area contributed by atoms with Gasteiger partial charge in [-0.3, -0.25) is 14.5 Å². The summed E-state index contributed by atoms with van der Waals surface area (Å²) in [4.78, 5) is 16.4. The predicted molar refractivity (Wildman–Crippen MR) is 104 cm³/mol. The summed E-state index contributed by atoms with van der Waals surface area (Å²) in [5.41, 5.74) is 1.18. The molecular weight excluding hydrogens is 418 g/mol. The van der Waals surface area contributed by atoms with Crippen molar-refractivity contribution in [1.82, 2.24) is 4.98 Å². The van der Waals surface area contributed by atoms with E-state index in [9.17, 15) is 13.2 Å². The Morgan fingerprint density at radius 1 is 0.962 bits per heavy atom. The number of benzene rings is 2. The van der Waals surface area contributed by atoms with Crippen molar-refractivity contribution in [2.24, 2.45) is 0 Å². The highest BCUT2D eigenvalue weighted by Crippen LogP contribution is 2.20. The fourth-order valence-electron chi connectivity index (χ4n) is 2.19. The Balaban J connectivity index is 1.78. The van der Waals surface area contributed by atoms with Gasteiger partial charge in [-0.2, -0.15) is 0 Å². The van der Waals surface area contributed by atoms with Crippen molar-refractivity contribution in [2.75, 3.05) is 10.0 Å². The minimum Gasteiger partial charge on any atom is -0.321 e. The minimum atomic E-state index is -3.74. The molecule has 0 radical (unpaired) electrons. The van der Waals surface area contributed by atoms with Crippen LogP contribution in [0.4, 0.5) is 11.4 Å². The normalized spacial score (nSPS) is 11.0. The molecule has 1 amide bonds. The van der Waals surface area contributed by atoms with Gasteiger partial charge >= 0.3 is 0 Å². The quantitative estimate of drug-likeness (QED) is 0.640. The molecule has 0 fully saturated rings. The molecule has 3 rings (SSSR count). The molecule has 1 heterocycles. The molecule has 0 aliphatic rings. The first-order chi connectivity index (χ1) is 12.4. The minimum absolute atomic E-state index is 0.130. The maximum Gasteiger partial charge on any atom is 0.261 e. The van der Waals surface area contributed by atoms with Gasteiger partial charge in [-0.05, 0) is 54.6 Å². The van der Waals surface area contributed by atoms with Crippen LogP contribution in [0, 0.1) is 0 Å². The topological polar surface area (TPSA) is 88.2 Å². The van der Waals surface area contributed by atoms with E-state index in [-0.39, 0.29) is 10.8 Å². The van der Waals surface area contributed by atoms with Gasteiger partial charge in [0.1, 0.15) is 0 Å². The molecule has 8 heteroatoms. The lowest BCUT2D eigenvalue weighted by molar-refractivity contribution is 0.102. The average molecular weight is 432 g/mol. The number of hydrogen-bond acceptors (Lipinski definition) is 4. The molecular formula is C18H14BrN3O3S. The number of nitrogens with one attached hydrogen (secondary N) is 2. The number of carbonyl (C=O) groups excluding carboxylic acids is 1. The van der Waals surface area contributed by atoms with E-state index in [2.05, 4.69) is 31.0 Å². The van der Waals surface area contributed by atoms with Gasteiger partial charge in [-0.15, -0.1) is 0 Å². The zero-order valence-corrected chi connectivity index (χ0v) is 15.8. The first-order valence-electron chi connectivity index (χ1n) is 7.54. The summed E-state index contributed by atoms with van der Waals surface area (Å²) in [7, 11) is -3.74. The molecule has 0 saturated carbocycles. The molecule has 0 aliphatic carbocycles. The Hall–Kier alpha value is -2.71. The molecule has 2 aromatic carbocycles. The van der Waals surface area contributed by atoms with Crippen molar-refractivity contribution in [1.29, 1.82) is 0 Å². The largest absolute Gasteiger partial charge is 0.321 e. The second-order valence-corrected chi connectivity index (χ2v) is 7.93. The van der Waals surface area contributed by atoms with Gasteiger partial charge < -0.3 is 5.32 Å². The number of hydrogen-bond donors (Lipinski definition) is 2. The van der Waals surface area contributed by atoms with Crippen molar-refractivity contribution < 1.29 is 13.2 Å². The van der Waals surface area contributed by atoms with Gasteiger partial charge in [0, 0.05) is 21.9 Å². The van der Waals surface area contributed by atoms with Gasteiger partial charge in [-0.1, -0.05) is 22.0 Å². The van der Waals surface area contributed by atoms with Crippen LogP contribution in [0.3, 0.4) is 0 Å². The Bertz CT molecular complexity index is 1020. The van der Waals surface area contributed by atoms with Crippen LogP contribution < -0.4 is 10.0 Å². The molecule has 0 saturated heterocycles. The summed E-state index contributed by atoms with van der Waals surface area (Å²) >= 11 is 3.27. The zero-order valence-electron chi connectivity index (χ0n) is 13.4. The summed E-state index contributed by atoms with van der Waals surface area (Å²) in [5, 5.41) is 2.70. The van der Waals surface area contributed by atoms with E-state index >= 15 is 0 Å². The maximum absolute atomic E-state index is 12.4. The van der Waals surface area contributed by atoms with E-state index in [0.717, 1.165) is 4.47 Å². The molecule has 3 aromatic rings. The summed E-state index contributed by atoms with van der Waals surface area (Å²) in [6.07, 6.45) is 3.13. The van der Waals surface area contributed by atoms with E-state index < -0.39 is 10.0 Å². The van der Waals surface area contributed by atoms with Gasteiger partial charge in [0.15, 0.2) is 0 Å². The summed E-state index contributed by atoms with van der Waals surface area (Å²) in [6, 6.07) is 16.0. The number of amides is 1. The van der Waals surface area contributed by atoms with Gasteiger partial charge in [-0.25, -0.2) is 8.42 Å². The standard InChI is InChI=1S/C18H14BrN3O3S/c19-14-6-8-17(9-7-14)26(24,25)22-15-4-1-3-13(11-15)18(23)21-16-5-2-10-20-12-16/h1-12,22H,(H,21,23). The molecule has 2 N–H and O–H groups in total. The molecule has 0 atom stereocenters. The van der Waals surface area contributed by atoms with Crippen LogP contribution in [0.15, 0.2) is 82.4 Å². The lowest BCUT2D eigenvalue weighted by Crippen LogP contribution is -2.15. The number of anilines is 2. The van der Waals surface area contributed by atoms with E-state index in [1.54, 1.807) is 48.7 Å². The van der Waals surface area contributed by atoms with Gasteiger partial charge in [0.05, 0.1) is 16.8 Å². The number of aromatic nitrogens is 1. The van der Waals surface area contributed by atoms with E-state index in [1.165, 1.54) is 24.4 Å². The third kappa shape index (κ3) is 4.47. The van der Waals surface area contributed by atoms with Crippen molar-refractivity contribution >= 4 is 43.2 Å². The fourth-order valence-corrected chi connectivity index (χ4v) is 3.51. The molecule has 0 unspecified atom stereocenters. The lowest BCUT2D eigenvalue weighted by atomic mass is 10.2. The van der Waals surface area contributed by atoms with Crippen LogP contribution >= 0.6 is 15.9 Å².